The molecule has 33 heavy (non-hydrogen) atoms. The number of aryl methyl sites for hydroxylation is 2. The molecule has 168 valence electrons. The number of hydrogen-bond acceptors (Lipinski definition) is 4. The highest BCUT2D eigenvalue weighted by atomic mass is 35.5. The zero-order valence-corrected chi connectivity index (χ0v) is 19.6. The number of fused-ring (bicyclic) bond motifs is 1. The second-order valence-electron chi connectivity index (χ2n) is 7.52. The van der Waals surface area contributed by atoms with Gasteiger partial charge in [0.25, 0.3) is 5.91 Å². The van der Waals surface area contributed by atoms with Gasteiger partial charge in [-0.15, -0.1) is 0 Å². The molecule has 2 aromatic carbocycles. The molecule has 4 rings (SSSR count). The summed E-state index contributed by atoms with van der Waals surface area (Å²) >= 11 is 12.3. The third kappa shape index (κ3) is 5.69. The quantitative estimate of drug-likeness (QED) is 0.266. The van der Waals surface area contributed by atoms with Crippen molar-refractivity contribution in [2.24, 2.45) is 4.99 Å². The molecule has 7 nitrogen and oxygen atoms in total. The molecule has 0 aliphatic carbocycles. The van der Waals surface area contributed by atoms with Gasteiger partial charge in [-0.1, -0.05) is 35.3 Å². The van der Waals surface area contributed by atoms with Gasteiger partial charge in [0.2, 0.25) is 11.9 Å². The second-order valence-corrected chi connectivity index (χ2v) is 8.36. The van der Waals surface area contributed by atoms with Gasteiger partial charge in [-0.05, 0) is 62.2 Å². The van der Waals surface area contributed by atoms with Gasteiger partial charge >= 0.3 is 0 Å². The van der Waals surface area contributed by atoms with Crippen LogP contribution in [0.2, 0.25) is 10.0 Å². The van der Waals surface area contributed by atoms with Crippen LogP contribution >= 0.6 is 23.2 Å². The molecule has 0 bridgehead atoms. The summed E-state index contributed by atoms with van der Waals surface area (Å²) in [6.45, 7) is 4.16. The van der Waals surface area contributed by atoms with Crippen LogP contribution in [-0.4, -0.2) is 33.4 Å². The summed E-state index contributed by atoms with van der Waals surface area (Å²) in [6, 6.07) is 14.4. The van der Waals surface area contributed by atoms with Crippen LogP contribution in [0.25, 0.3) is 10.9 Å². The number of carbonyl (C=O) groups is 1. The molecule has 1 amide bonds. The number of carbonyl (C=O) groups excluding carboxylic acids is 1. The average molecular weight is 481 g/mol. The number of anilines is 1. The first-order valence-corrected chi connectivity index (χ1v) is 11.1. The minimum Gasteiger partial charge on any atom is -0.361 e. The third-order valence-corrected chi connectivity index (χ3v) is 5.51. The Morgan fingerprint density at radius 1 is 1.06 bits per heavy atom. The molecule has 0 unspecified atom stereocenters. The predicted octanol–water partition coefficient (Wildman–Crippen LogP) is 5.32. The Hall–Kier alpha value is -3.42. The van der Waals surface area contributed by atoms with E-state index in [1.54, 1.807) is 24.3 Å². The van der Waals surface area contributed by atoms with E-state index in [-0.39, 0.29) is 11.9 Å². The van der Waals surface area contributed by atoms with Gasteiger partial charge in [0.15, 0.2) is 0 Å². The number of aliphatic imine (C=N–C) groups is 1. The smallest absolute Gasteiger partial charge is 0.259 e. The van der Waals surface area contributed by atoms with Gasteiger partial charge in [0.05, 0.1) is 10.6 Å². The van der Waals surface area contributed by atoms with Gasteiger partial charge < -0.3 is 4.98 Å². The van der Waals surface area contributed by atoms with E-state index >= 15 is 0 Å². The van der Waals surface area contributed by atoms with Crippen LogP contribution in [-0.2, 0) is 6.42 Å². The van der Waals surface area contributed by atoms with E-state index in [1.165, 1.54) is 0 Å². The van der Waals surface area contributed by atoms with Crippen LogP contribution in [0.4, 0.5) is 5.95 Å². The van der Waals surface area contributed by atoms with Crippen molar-refractivity contribution in [3.8, 4) is 0 Å². The lowest BCUT2D eigenvalue weighted by Crippen LogP contribution is -2.37. The van der Waals surface area contributed by atoms with Crippen molar-refractivity contribution in [2.45, 2.75) is 20.3 Å². The predicted molar refractivity (Wildman–Crippen MR) is 133 cm³/mol. The largest absolute Gasteiger partial charge is 0.361 e. The summed E-state index contributed by atoms with van der Waals surface area (Å²) in [6.07, 6.45) is 2.58. The van der Waals surface area contributed by atoms with E-state index in [0.29, 0.717) is 34.5 Å². The fraction of sp³-hybridized carbons (Fsp3) is 0.167. The van der Waals surface area contributed by atoms with Gasteiger partial charge in [0, 0.05) is 40.1 Å². The van der Waals surface area contributed by atoms with Crippen LogP contribution in [0, 0.1) is 13.8 Å². The highest BCUT2D eigenvalue weighted by Crippen LogP contribution is 2.22. The number of hydrogen-bond donors (Lipinski definition) is 3. The van der Waals surface area contributed by atoms with Gasteiger partial charge in [-0.25, -0.2) is 9.97 Å². The summed E-state index contributed by atoms with van der Waals surface area (Å²) in [7, 11) is 0. The number of guanidine groups is 1. The number of amides is 1. The summed E-state index contributed by atoms with van der Waals surface area (Å²) in [5.74, 6) is 0.211. The van der Waals surface area contributed by atoms with Crippen LogP contribution in [0.1, 0.15) is 27.3 Å². The highest BCUT2D eigenvalue weighted by Gasteiger charge is 2.14. The highest BCUT2D eigenvalue weighted by molar-refractivity contribution is 6.34. The summed E-state index contributed by atoms with van der Waals surface area (Å²) in [5, 5.41) is 7.90. The third-order valence-electron chi connectivity index (χ3n) is 4.94. The monoisotopic (exact) mass is 480 g/mol. The lowest BCUT2D eigenvalue weighted by Gasteiger charge is -2.12. The number of benzene rings is 2. The number of aromatic amines is 1. The molecule has 0 saturated heterocycles. The molecule has 0 spiro atoms. The maximum atomic E-state index is 12.8. The number of nitrogens with zero attached hydrogens (tertiary/aromatic N) is 3. The van der Waals surface area contributed by atoms with Crippen LogP contribution < -0.4 is 10.6 Å². The zero-order chi connectivity index (χ0) is 23.4. The van der Waals surface area contributed by atoms with E-state index in [1.807, 2.05) is 44.3 Å². The molecular formula is C24H22Cl2N6O. The molecule has 9 heteroatoms. The molecule has 2 aromatic heterocycles. The van der Waals surface area contributed by atoms with E-state index in [2.05, 4.69) is 30.6 Å². The Morgan fingerprint density at radius 2 is 1.82 bits per heavy atom. The average Bonchev–Trinajstić information content (AvgIpc) is 3.15. The molecule has 4 aromatic rings. The number of rotatable bonds is 5. The Bertz CT molecular complexity index is 1330. The molecule has 0 atom stereocenters. The van der Waals surface area contributed by atoms with Gasteiger partial charge in [-0.3, -0.25) is 20.4 Å². The van der Waals surface area contributed by atoms with Crippen molar-refractivity contribution in [3.63, 3.8) is 0 Å². The molecule has 0 fully saturated rings. The topological polar surface area (TPSA) is 95.1 Å². The summed E-state index contributed by atoms with van der Waals surface area (Å²) < 4.78 is 0. The number of nitrogens with one attached hydrogen (secondary N) is 3. The number of halogens is 2. The second kappa shape index (κ2) is 10.0. The first kappa shape index (κ1) is 22.8. The molecule has 0 saturated carbocycles. The van der Waals surface area contributed by atoms with Crippen LogP contribution in [0.15, 0.2) is 59.7 Å². The van der Waals surface area contributed by atoms with Gasteiger partial charge in [-0.2, -0.15) is 0 Å². The first-order chi connectivity index (χ1) is 15.9. The standard InChI is InChI=1S/C24H22Cl2N6O/c1-14-11-15(2)30-24(29-14)32-23(31-22(33)18-5-3-4-6-20(18)26)27-10-9-16-13-28-21-8-7-17(25)12-19(16)21/h3-8,11-13,28H,9-10H2,1-2H3,(H2,27,29,30,31,32,33). The van der Waals surface area contributed by atoms with Crippen molar-refractivity contribution in [2.75, 3.05) is 11.9 Å². The first-order valence-electron chi connectivity index (χ1n) is 10.3. The van der Waals surface area contributed by atoms with Crippen molar-refractivity contribution in [1.82, 2.24) is 20.3 Å². The minimum atomic E-state index is -0.380. The zero-order valence-electron chi connectivity index (χ0n) is 18.1. The van der Waals surface area contributed by atoms with Crippen LogP contribution in [0.5, 0.6) is 0 Å². The number of H-pyrrole nitrogens is 1. The van der Waals surface area contributed by atoms with E-state index in [0.717, 1.165) is 27.9 Å². The molecule has 0 aliphatic rings. The fourth-order valence-electron chi connectivity index (χ4n) is 3.46. The molecule has 0 aliphatic heterocycles. The Kier molecular flexibility index (Phi) is 6.91. The minimum absolute atomic E-state index is 0.239. The Labute approximate surface area is 201 Å². The van der Waals surface area contributed by atoms with Crippen molar-refractivity contribution < 1.29 is 4.79 Å². The molecule has 3 N–H and O–H groups in total. The molecular weight excluding hydrogens is 459 g/mol. The normalized spacial score (nSPS) is 11.6. The lowest BCUT2D eigenvalue weighted by atomic mass is 10.1. The summed E-state index contributed by atoms with van der Waals surface area (Å²) in [4.78, 5) is 29.4. The summed E-state index contributed by atoms with van der Waals surface area (Å²) in [5.41, 5.74) is 4.04. The maximum absolute atomic E-state index is 12.8. The Morgan fingerprint density at radius 3 is 2.58 bits per heavy atom. The molecule has 0 radical (unpaired) electrons. The lowest BCUT2D eigenvalue weighted by molar-refractivity contribution is 0.0977. The van der Waals surface area contributed by atoms with E-state index in [9.17, 15) is 4.79 Å². The Balaban J connectivity index is 1.56. The molecule has 2 heterocycles. The van der Waals surface area contributed by atoms with Gasteiger partial charge in [0.1, 0.15) is 0 Å². The van der Waals surface area contributed by atoms with Crippen molar-refractivity contribution in [3.05, 3.63) is 87.3 Å². The van der Waals surface area contributed by atoms with E-state index < -0.39 is 0 Å². The number of aromatic nitrogens is 3. The fourth-order valence-corrected chi connectivity index (χ4v) is 3.86. The SMILES string of the molecule is Cc1cc(C)nc(NC(=NCCc2c[nH]c3ccc(Cl)cc23)NC(=O)c2ccccc2Cl)n1. The maximum Gasteiger partial charge on any atom is 0.259 e. The van der Waals surface area contributed by atoms with Crippen LogP contribution in [0.3, 0.4) is 0 Å². The van der Waals surface area contributed by atoms with Crippen molar-refractivity contribution >= 4 is 51.9 Å². The van der Waals surface area contributed by atoms with Crippen molar-refractivity contribution in [1.29, 1.82) is 0 Å². The van der Waals surface area contributed by atoms with E-state index in [4.69, 9.17) is 23.2 Å².